The highest BCUT2D eigenvalue weighted by Gasteiger charge is 2.37. The van der Waals surface area contributed by atoms with Crippen LogP contribution in [-0.2, 0) is 0 Å². The molecule has 7 heteroatoms. The van der Waals surface area contributed by atoms with Crippen LogP contribution in [0.5, 0.6) is 0 Å². The number of non-ortho nitro benzene ring substituents is 1. The third kappa shape index (κ3) is 1.95. The molecule has 0 saturated heterocycles. The van der Waals surface area contributed by atoms with Gasteiger partial charge in [-0.3, -0.25) is 19.7 Å². The topological polar surface area (TPSA) is 80.5 Å². The Morgan fingerprint density at radius 2 is 1.57 bits per heavy atom. The normalized spacial score (nSPS) is 13.5. The van der Waals surface area contributed by atoms with Crippen LogP contribution in [0.4, 0.5) is 15.8 Å². The van der Waals surface area contributed by atoms with Gasteiger partial charge in [-0.05, 0) is 30.3 Å². The molecule has 0 bridgehead atoms. The molecule has 1 heterocycles. The smallest absolute Gasteiger partial charge is 0.268 e. The van der Waals surface area contributed by atoms with Crippen molar-refractivity contribution in [3.63, 3.8) is 0 Å². The van der Waals surface area contributed by atoms with Gasteiger partial charge in [0.05, 0.1) is 21.7 Å². The van der Waals surface area contributed by atoms with Crippen molar-refractivity contribution in [3.8, 4) is 0 Å². The second-order valence-corrected chi connectivity index (χ2v) is 4.41. The monoisotopic (exact) mass is 286 g/mol. The summed E-state index contributed by atoms with van der Waals surface area (Å²) in [5.74, 6) is -1.74. The van der Waals surface area contributed by atoms with E-state index in [-0.39, 0.29) is 22.5 Å². The van der Waals surface area contributed by atoms with Gasteiger partial charge in [0.2, 0.25) is 0 Å². The first-order chi connectivity index (χ1) is 9.99. The van der Waals surface area contributed by atoms with Crippen LogP contribution < -0.4 is 4.90 Å². The Labute approximate surface area is 117 Å². The van der Waals surface area contributed by atoms with Crippen LogP contribution in [0.2, 0.25) is 0 Å². The highest BCUT2D eigenvalue weighted by atomic mass is 19.1. The zero-order valence-electron chi connectivity index (χ0n) is 10.4. The molecule has 0 atom stereocenters. The fourth-order valence-electron chi connectivity index (χ4n) is 2.17. The van der Waals surface area contributed by atoms with Gasteiger partial charge in [0, 0.05) is 12.1 Å². The van der Waals surface area contributed by atoms with E-state index in [1.165, 1.54) is 18.2 Å². The minimum Gasteiger partial charge on any atom is -0.268 e. The first-order valence-electron chi connectivity index (χ1n) is 5.92. The number of nitro benzene ring substituents is 1. The molecule has 0 radical (unpaired) electrons. The van der Waals surface area contributed by atoms with Crippen molar-refractivity contribution in [1.29, 1.82) is 0 Å². The maximum atomic E-state index is 12.9. The molecule has 0 fully saturated rings. The lowest BCUT2D eigenvalue weighted by molar-refractivity contribution is -0.384. The maximum absolute atomic E-state index is 12.9. The zero-order valence-corrected chi connectivity index (χ0v) is 10.4. The van der Waals surface area contributed by atoms with Gasteiger partial charge in [-0.15, -0.1) is 0 Å². The lowest BCUT2D eigenvalue weighted by atomic mass is 10.1. The lowest BCUT2D eigenvalue weighted by Gasteiger charge is -2.13. The summed E-state index contributed by atoms with van der Waals surface area (Å²) in [6, 6.07) is 8.33. The van der Waals surface area contributed by atoms with Crippen molar-refractivity contribution < 1.29 is 18.9 Å². The average molecular weight is 286 g/mol. The van der Waals surface area contributed by atoms with Crippen LogP contribution in [0.3, 0.4) is 0 Å². The van der Waals surface area contributed by atoms with E-state index in [0.29, 0.717) is 0 Å². The largest absolute Gasteiger partial charge is 0.270 e. The summed E-state index contributed by atoms with van der Waals surface area (Å²) in [6.07, 6.45) is 0. The third-order valence-electron chi connectivity index (χ3n) is 3.17. The van der Waals surface area contributed by atoms with Crippen LogP contribution in [0.25, 0.3) is 0 Å². The predicted molar refractivity (Wildman–Crippen MR) is 70.6 cm³/mol. The summed E-state index contributed by atoms with van der Waals surface area (Å²) in [5.41, 5.74) is 0.00885. The number of nitro groups is 1. The van der Waals surface area contributed by atoms with Crippen molar-refractivity contribution in [2.45, 2.75) is 0 Å². The van der Waals surface area contributed by atoms with Gasteiger partial charge < -0.3 is 0 Å². The number of nitrogens with zero attached hydrogens (tertiary/aromatic N) is 2. The van der Waals surface area contributed by atoms with Gasteiger partial charge in [-0.25, -0.2) is 9.29 Å². The van der Waals surface area contributed by atoms with Crippen LogP contribution in [0.1, 0.15) is 20.7 Å². The fraction of sp³-hybridized carbons (Fsp3) is 0. The number of hydrogen-bond donors (Lipinski definition) is 0. The Hall–Kier alpha value is -3.09. The van der Waals surface area contributed by atoms with E-state index in [1.807, 2.05) is 0 Å². The summed E-state index contributed by atoms with van der Waals surface area (Å²) in [4.78, 5) is 35.4. The molecule has 3 rings (SSSR count). The Bertz CT molecular complexity index is 786. The van der Waals surface area contributed by atoms with Crippen molar-refractivity contribution in [3.05, 3.63) is 69.5 Å². The maximum Gasteiger partial charge on any atom is 0.270 e. The van der Waals surface area contributed by atoms with Crippen LogP contribution in [-0.4, -0.2) is 16.7 Å². The number of anilines is 1. The summed E-state index contributed by atoms with van der Waals surface area (Å²) < 4.78 is 12.9. The number of rotatable bonds is 2. The van der Waals surface area contributed by atoms with Crippen LogP contribution in [0, 0.1) is 15.9 Å². The quantitative estimate of drug-likeness (QED) is 0.482. The number of carbonyl (C=O) groups is 2. The lowest BCUT2D eigenvalue weighted by Crippen LogP contribution is -2.29. The van der Waals surface area contributed by atoms with Crippen molar-refractivity contribution in [2.75, 3.05) is 4.90 Å². The molecule has 21 heavy (non-hydrogen) atoms. The summed E-state index contributed by atoms with van der Waals surface area (Å²) in [5, 5.41) is 10.7. The molecule has 0 aromatic heterocycles. The molecule has 0 unspecified atom stereocenters. The van der Waals surface area contributed by atoms with Crippen LogP contribution >= 0.6 is 0 Å². The molecule has 2 aromatic rings. The van der Waals surface area contributed by atoms with Gasteiger partial charge >= 0.3 is 0 Å². The predicted octanol–water partition coefficient (Wildman–Crippen LogP) is 2.53. The van der Waals surface area contributed by atoms with Crippen molar-refractivity contribution >= 4 is 23.2 Å². The number of halogens is 1. The van der Waals surface area contributed by atoms with E-state index in [0.717, 1.165) is 29.2 Å². The molecule has 2 amide bonds. The number of carbonyl (C=O) groups excluding carboxylic acids is 2. The molecule has 0 aliphatic carbocycles. The average Bonchev–Trinajstić information content (AvgIpc) is 2.72. The Kier molecular flexibility index (Phi) is 2.76. The van der Waals surface area contributed by atoms with Gasteiger partial charge in [-0.2, -0.15) is 0 Å². The van der Waals surface area contributed by atoms with Gasteiger partial charge in [0.1, 0.15) is 5.82 Å². The molecule has 0 spiro atoms. The zero-order chi connectivity index (χ0) is 15.1. The summed E-state index contributed by atoms with van der Waals surface area (Å²) >= 11 is 0. The molecular formula is C14H7FN2O4. The molecule has 1 aliphatic heterocycles. The second-order valence-electron chi connectivity index (χ2n) is 4.41. The number of hydrogen-bond acceptors (Lipinski definition) is 4. The fourth-order valence-corrected chi connectivity index (χ4v) is 2.17. The molecule has 0 saturated carbocycles. The van der Waals surface area contributed by atoms with Crippen molar-refractivity contribution in [2.24, 2.45) is 0 Å². The van der Waals surface area contributed by atoms with Crippen molar-refractivity contribution in [1.82, 2.24) is 0 Å². The van der Waals surface area contributed by atoms with E-state index in [9.17, 15) is 24.1 Å². The van der Waals surface area contributed by atoms with Gasteiger partial charge in [-0.1, -0.05) is 0 Å². The molecule has 6 nitrogen and oxygen atoms in total. The SMILES string of the molecule is O=C1c2ccc([N+](=O)[O-])cc2C(=O)N1c1ccc(F)cc1. The number of benzene rings is 2. The van der Waals surface area contributed by atoms with E-state index in [2.05, 4.69) is 0 Å². The Morgan fingerprint density at radius 3 is 2.19 bits per heavy atom. The second kappa shape index (κ2) is 4.48. The minimum absolute atomic E-state index is 0.0291. The summed E-state index contributed by atoms with van der Waals surface area (Å²) in [7, 11) is 0. The van der Waals surface area contributed by atoms with Gasteiger partial charge in [0.15, 0.2) is 0 Å². The third-order valence-corrected chi connectivity index (χ3v) is 3.17. The van der Waals surface area contributed by atoms with E-state index in [4.69, 9.17) is 0 Å². The van der Waals surface area contributed by atoms with Crippen LogP contribution in [0.15, 0.2) is 42.5 Å². The number of amides is 2. The first kappa shape index (κ1) is 12.9. The molecule has 104 valence electrons. The number of imide groups is 1. The Balaban J connectivity index is 2.08. The molecule has 2 aromatic carbocycles. The Morgan fingerprint density at radius 1 is 0.952 bits per heavy atom. The molecule has 1 aliphatic rings. The van der Waals surface area contributed by atoms with E-state index < -0.39 is 22.6 Å². The molecular weight excluding hydrogens is 279 g/mol. The first-order valence-corrected chi connectivity index (χ1v) is 5.92. The highest BCUT2D eigenvalue weighted by molar-refractivity contribution is 6.34. The van der Waals surface area contributed by atoms with E-state index >= 15 is 0 Å². The molecule has 0 N–H and O–H groups in total. The summed E-state index contributed by atoms with van der Waals surface area (Å²) in [6.45, 7) is 0. The minimum atomic E-state index is -0.662. The standard InChI is InChI=1S/C14H7FN2O4/c15-8-1-3-9(4-2-8)16-13(18)11-6-5-10(17(20)21)7-12(11)14(16)19/h1-7H. The van der Waals surface area contributed by atoms with Gasteiger partial charge in [0.25, 0.3) is 17.5 Å². The highest BCUT2D eigenvalue weighted by Crippen LogP contribution is 2.30. The van der Waals surface area contributed by atoms with E-state index in [1.54, 1.807) is 0 Å². The number of fused-ring (bicyclic) bond motifs is 1.